The smallest absolute Gasteiger partial charge is 0.417 e. The maximum atomic E-state index is 12.5. The second kappa shape index (κ2) is 4.22. The van der Waals surface area contributed by atoms with Gasteiger partial charge in [-0.15, -0.1) is 0 Å². The van der Waals surface area contributed by atoms with E-state index in [4.69, 9.17) is 5.11 Å². The Morgan fingerprint density at radius 3 is 2.47 bits per heavy atom. The summed E-state index contributed by atoms with van der Waals surface area (Å²) in [6, 6.07) is 3.76. The average Bonchev–Trinajstić information content (AvgIpc) is 1.99. The number of hydrogen-bond donors (Lipinski definition) is 1. The Labute approximate surface area is 91.8 Å². The summed E-state index contributed by atoms with van der Waals surface area (Å²) in [7, 11) is 0. The topological polar surface area (TPSA) is 37.3 Å². The number of alkyl halides is 3. The number of halogens is 4. The fourth-order valence-electron chi connectivity index (χ4n) is 1.20. The molecule has 0 bridgehead atoms. The van der Waals surface area contributed by atoms with Crippen LogP contribution in [0.15, 0.2) is 22.7 Å². The highest BCUT2D eigenvalue weighted by atomic mass is 79.9. The van der Waals surface area contributed by atoms with Gasteiger partial charge in [0, 0.05) is 4.47 Å². The molecule has 0 aliphatic heterocycles. The molecular formula is C9H6BrF3O2. The first-order valence-corrected chi connectivity index (χ1v) is 4.68. The van der Waals surface area contributed by atoms with Crippen LogP contribution in [0.4, 0.5) is 13.2 Å². The summed E-state index contributed by atoms with van der Waals surface area (Å²) in [6.07, 6.45) is -5.20. The first-order valence-electron chi connectivity index (χ1n) is 3.88. The molecule has 0 aliphatic rings. The van der Waals surface area contributed by atoms with Gasteiger partial charge in [-0.05, 0) is 11.6 Å². The van der Waals surface area contributed by atoms with Crippen LogP contribution in [-0.2, 0) is 17.4 Å². The molecule has 0 aliphatic carbocycles. The minimum atomic E-state index is -4.55. The molecule has 2 nitrogen and oxygen atoms in total. The molecule has 0 spiro atoms. The molecule has 0 aromatic heterocycles. The Balaban J connectivity index is 3.27. The number of rotatable bonds is 2. The number of aliphatic carboxylic acids is 1. The van der Waals surface area contributed by atoms with Gasteiger partial charge in [-0.3, -0.25) is 4.79 Å². The number of carboxylic acid groups (broad SMARTS) is 1. The number of hydrogen-bond acceptors (Lipinski definition) is 1. The quantitative estimate of drug-likeness (QED) is 0.905. The zero-order chi connectivity index (χ0) is 11.6. The summed E-state index contributed by atoms with van der Waals surface area (Å²) in [5.74, 6) is -1.29. The first-order chi connectivity index (χ1) is 6.82. The van der Waals surface area contributed by atoms with Crippen molar-refractivity contribution in [3.05, 3.63) is 33.8 Å². The standard InChI is InChI=1S/C9H6BrF3O2/c10-6-3-1-2-5(4-7(14)15)8(6)9(11,12)13/h1-3H,4H2,(H,14,15). The molecule has 1 aromatic rings. The van der Waals surface area contributed by atoms with Gasteiger partial charge in [0.05, 0.1) is 12.0 Å². The average molecular weight is 283 g/mol. The van der Waals surface area contributed by atoms with E-state index in [1.165, 1.54) is 12.1 Å². The molecule has 0 amide bonds. The normalized spacial score (nSPS) is 11.5. The molecule has 6 heteroatoms. The van der Waals surface area contributed by atoms with Crippen molar-refractivity contribution in [3.8, 4) is 0 Å². The summed E-state index contributed by atoms with van der Waals surface area (Å²) in [6.45, 7) is 0. The predicted octanol–water partition coefficient (Wildman–Crippen LogP) is 3.10. The van der Waals surface area contributed by atoms with Crippen molar-refractivity contribution in [1.82, 2.24) is 0 Å². The molecule has 1 aromatic carbocycles. The Kier molecular flexibility index (Phi) is 3.38. The van der Waals surface area contributed by atoms with Gasteiger partial charge < -0.3 is 5.11 Å². The molecule has 82 valence electrons. The van der Waals surface area contributed by atoms with Crippen LogP contribution in [0.2, 0.25) is 0 Å². The van der Waals surface area contributed by atoms with Crippen molar-refractivity contribution in [3.63, 3.8) is 0 Å². The van der Waals surface area contributed by atoms with Gasteiger partial charge in [0.25, 0.3) is 0 Å². The fraction of sp³-hybridized carbons (Fsp3) is 0.222. The number of benzene rings is 1. The van der Waals surface area contributed by atoms with Crippen LogP contribution in [0.3, 0.4) is 0 Å². The van der Waals surface area contributed by atoms with Crippen molar-refractivity contribution in [2.24, 2.45) is 0 Å². The molecule has 1 N–H and O–H groups in total. The van der Waals surface area contributed by atoms with Gasteiger partial charge in [0.1, 0.15) is 0 Å². The van der Waals surface area contributed by atoms with Crippen LogP contribution in [0.1, 0.15) is 11.1 Å². The largest absolute Gasteiger partial charge is 0.481 e. The van der Waals surface area contributed by atoms with Gasteiger partial charge in [0.2, 0.25) is 0 Å². The highest BCUT2D eigenvalue weighted by Gasteiger charge is 2.35. The van der Waals surface area contributed by atoms with E-state index in [-0.39, 0.29) is 10.0 Å². The van der Waals surface area contributed by atoms with E-state index in [2.05, 4.69) is 15.9 Å². The number of carboxylic acids is 1. The Bertz CT molecular complexity index is 387. The second-order valence-electron chi connectivity index (χ2n) is 2.84. The minimum absolute atomic E-state index is 0.145. The van der Waals surface area contributed by atoms with E-state index in [1.54, 1.807) is 0 Å². The van der Waals surface area contributed by atoms with Crippen molar-refractivity contribution in [2.75, 3.05) is 0 Å². The Hall–Kier alpha value is -1.04. The van der Waals surface area contributed by atoms with E-state index in [0.29, 0.717) is 0 Å². The molecule has 0 fully saturated rings. The van der Waals surface area contributed by atoms with Crippen molar-refractivity contribution >= 4 is 21.9 Å². The molecular weight excluding hydrogens is 277 g/mol. The molecule has 1 rings (SSSR count). The highest BCUT2D eigenvalue weighted by Crippen LogP contribution is 2.37. The van der Waals surface area contributed by atoms with E-state index >= 15 is 0 Å². The SMILES string of the molecule is O=C(O)Cc1cccc(Br)c1C(F)(F)F. The Morgan fingerprint density at radius 2 is 2.00 bits per heavy atom. The fourth-order valence-corrected chi connectivity index (χ4v) is 1.83. The summed E-state index contributed by atoms with van der Waals surface area (Å²) in [5, 5.41) is 8.47. The van der Waals surface area contributed by atoms with Crippen molar-refractivity contribution in [2.45, 2.75) is 12.6 Å². The van der Waals surface area contributed by atoms with Crippen molar-refractivity contribution in [1.29, 1.82) is 0 Å². The van der Waals surface area contributed by atoms with Gasteiger partial charge in [0.15, 0.2) is 0 Å². The lowest BCUT2D eigenvalue weighted by Crippen LogP contribution is -2.13. The number of carbonyl (C=O) groups is 1. The van der Waals surface area contributed by atoms with Gasteiger partial charge in [-0.2, -0.15) is 13.2 Å². The molecule has 0 unspecified atom stereocenters. The monoisotopic (exact) mass is 282 g/mol. The molecule has 0 atom stereocenters. The van der Waals surface area contributed by atoms with Gasteiger partial charge in [-0.25, -0.2) is 0 Å². The molecule has 0 radical (unpaired) electrons. The second-order valence-corrected chi connectivity index (χ2v) is 3.70. The summed E-state index contributed by atoms with van der Waals surface area (Å²) >= 11 is 2.76. The maximum Gasteiger partial charge on any atom is 0.417 e. The van der Waals surface area contributed by atoms with Crippen molar-refractivity contribution < 1.29 is 23.1 Å². The van der Waals surface area contributed by atoms with E-state index in [9.17, 15) is 18.0 Å². The molecule has 15 heavy (non-hydrogen) atoms. The molecule has 0 saturated carbocycles. The molecule has 0 saturated heterocycles. The minimum Gasteiger partial charge on any atom is -0.481 e. The van der Waals surface area contributed by atoms with E-state index in [0.717, 1.165) is 6.07 Å². The summed E-state index contributed by atoms with van der Waals surface area (Å²) in [4.78, 5) is 10.4. The van der Waals surface area contributed by atoms with Gasteiger partial charge >= 0.3 is 12.1 Å². The third-order valence-corrected chi connectivity index (χ3v) is 2.39. The zero-order valence-corrected chi connectivity index (χ0v) is 8.89. The zero-order valence-electron chi connectivity index (χ0n) is 7.31. The van der Waals surface area contributed by atoms with E-state index in [1.807, 2.05) is 0 Å². The third-order valence-electron chi connectivity index (χ3n) is 1.73. The predicted molar refractivity (Wildman–Crippen MR) is 50.5 cm³/mol. The van der Waals surface area contributed by atoms with Crippen LogP contribution in [0.5, 0.6) is 0 Å². The van der Waals surface area contributed by atoms with Crippen LogP contribution < -0.4 is 0 Å². The maximum absolute atomic E-state index is 12.5. The van der Waals surface area contributed by atoms with Crippen LogP contribution in [0.25, 0.3) is 0 Å². The van der Waals surface area contributed by atoms with Crippen LogP contribution in [0, 0.1) is 0 Å². The lowest BCUT2D eigenvalue weighted by molar-refractivity contribution is -0.140. The summed E-state index contributed by atoms with van der Waals surface area (Å²) in [5.41, 5.74) is -1.17. The third kappa shape index (κ3) is 2.95. The van der Waals surface area contributed by atoms with Gasteiger partial charge in [-0.1, -0.05) is 28.1 Å². The lowest BCUT2D eigenvalue weighted by atomic mass is 10.0. The highest BCUT2D eigenvalue weighted by molar-refractivity contribution is 9.10. The lowest BCUT2D eigenvalue weighted by Gasteiger charge is -2.13. The Morgan fingerprint density at radius 1 is 1.40 bits per heavy atom. The summed E-state index contributed by atoms with van der Waals surface area (Å²) < 4.78 is 37.5. The molecule has 0 heterocycles. The first kappa shape index (κ1) is 12.0. The van der Waals surface area contributed by atoms with E-state index < -0.39 is 24.1 Å². The van der Waals surface area contributed by atoms with Crippen LogP contribution in [-0.4, -0.2) is 11.1 Å². The van der Waals surface area contributed by atoms with Crippen LogP contribution >= 0.6 is 15.9 Å².